The van der Waals surface area contributed by atoms with Crippen molar-refractivity contribution in [1.82, 2.24) is 25.0 Å². The lowest BCUT2D eigenvalue weighted by atomic mass is 9.64. The normalized spacial score (nSPS) is 17.8. The summed E-state index contributed by atoms with van der Waals surface area (Å²) in [6.45, 7) is 5.93. The summed E-state index contributed by atoms with van der Waals surface area (Å²) < 4.78 is 3.47. The minimum atomic E-state index is 0.0417. The smallest absolute Gasteiger partial charge is 0.345 e. The van der Waals surface area contributed by atoms with Crippen LogP contribution in [0, 0.1) is 0 Å². The molecule has 7 heteroatoms. The first-order valence-corrected chi connectivity index (χ1v) is 11.5. The highest BCUT2D eigenvalue weighted by molar-refractivity contribution is 5.79. The maximum atomic E-state index is 12.4. The molecule has 162 valence electrons. The second-order valence-electron chi connectivity index (χ2n) is 8.51. The highest BCUT2D eigenvalue weighted by atomic mass is 16.2. The zero-order chi connectivity index (χ0) is 20.8. The fraction of sp³-hybridized carbons (Fsp3) is 0.609. The molecule has 2 N–H and O–H groups in total. The van der Waals surface area contributed by atoms with Crippen molar-refractivity contribution >= 4 is 5.96 Å². The third-order valence-corrected chi connectivity index (χ3v) is 6.45. The van der Waals surface area contributed by atoms with Gasteiger partial charge >= 0.3 is 5.69 Å². The van der Waals surface area contributed by atoms with E-state index in [0.717, 1.165) is 63.6 Å². The van der Waals surface area contributed by atoms with Gasteiger partial charge < -0.3 is 10.6 Å². The van der Waals surface area contributed by atoms with E-state index in [1.54, 1.807) is 4.68 Å². The molecule has 0 radical (unpaired) electrons. The zero-order valence-corrected chi connectivity index (χ0v) is 18.1. The molecular weight excluding hydrogens is 376 g/mol. The minimum absolute atomic E-state index is 0.0417. The molecule has 0 spiro atoms. The van der Waals surface area contributed by atoms with Crippen molar-refractivity contribution in [3.05, 3.63) is 52.2 Å². The van der Waals surface area contributed by atoms with Crippen LogP contribution in [0.5, 0.6) is 0 Å². The summed E-state index contributed by atoms with van der Waals surface area (Å²) >= 11 is 0. The predicted octanol–water partition coefficient (Wildman–Crippen LogP) is 2.45. The maximum absolute atomic E-state index is 12.4. The fourth-order valence-electron chi connectivity index (χ4n) is 4.54. The minimum Gasteiger partial charge on any atom is -0.357 e. The highest BCUT2D eigenvalue weighted by Gasteiger charge is 2.38. The van der Waals surface area contributed by atoms with Crippen molar-refractivity contribution in [3.63, 3.8) is 0 Å². The second kappa shape index (κ2) is 9.49. The number of nitrogens with one attached hydrogen (secondary N) is 2. The first-order valence-electron chi connectivity index (χ1n) is 11.5. The molecule has 1 aromatic heterocycles. The van der Waals surface area contributed by atoms with E-state index in [2.05, 4.69) is 53.0 Å². The molecule has 2 heterocycles. The van der Waals surface area contributed by atoms with Crippen molar-refractivity contribution in [2.24, 2.45) is 4.99 Å². The quantitative estimate of drug-likeness (QED) is 0.398. The molecule has 1 fully saturated rings. The van der Waals surface area contributed by atoms with Gasteiger partial charge in [0, 0.05) is 38.0 Å². The van der Waals surface area contributed by atoms with Crippen molar-refractivity contribution in [1.29, 1.82) is 0 Å². The van der Waals surface area contributed by atoms with Gasteiger partial charge in [0.2, 0.25) is 0 Å². The van der Waals surface area contributed by atoms with E-state index >= 15 is 0 Å². The number of benzene rings is 1. The van der Waals surface area contributed by atoms with E-state index in [1.165, 1.54) is 24.8 Å². The molecule has 1 aromatic carbocycles. The van der Waals surface area contributed by atoms with Crippen LogP contribution in [-0.4, -0.2) is 39.9 Å². The van der Waals surface area contributed by atoms with Gasteiger partial charge in [-0.1, -0.05) is 36.8 Å². The predicted molar refractivity (Wildman–Crippen MR) is 120 cm³/mol. The number of hydrogen-bond donors (Lipinski definition) is 2. The summed E-state index contributed by atoms with van der Waals surface area (Å²) in [5.74, 6) is 1.80. The summed E-state index contributed by atoms with van der Waals surface area (Å²) in [6, 6.07) is 10.8. The Morgan fingerprint density at radius 2 is 2.00 bits per heavy atom. The first-order chi connectivity index (χ1) is 14.7. The van der Waals surface area contributed by atoms with Gasteiger partial charge in [-0.05, 0) is 44.6 Å². The van der Waals surface area contributed by atoms with Crippen molar-refractivity contribution in [3.8, 4) is 0 Å². The van der Waals surface area contributed by atoms with E-state index in [4.69, 9.17) is 4.99 Å². The Balaban J connectivity index is 1.32. The molecule has 2 aromatic rings. The lowest BCUT2D eigenvalue weighted by Gasteiger charge is -2.41. The van der Waals surface area contributed by atoms with E-state index in [-0.39, 0.29) is 11.1 Å². The van der Waals surface area contributed by atoms with Gasteiger partial charge in [0.1, 0.15) is 5.82 Å². The molecule has 1 saturated carbocycles. The SMILES string of the molecule is CCNC(=NCC1(c2ccccc2)CCC1)NCCCn1nc2n(c1=O)CCCC2. The van der Waals surface area contributed by atoms with E-state index < -0.39 is 0 Å². The third kappa shape index (κ3) is 4.45. The summed E-state index contributed by atoms with van der Waals surface area (Å²) in [5, 5.41) is 11.3. The number of hydrogen-bond acceptors (Lipinski definition) is 3. The van der Waals surface area contributed by atoms with Crippen LogP contribution >= 0.6 is 0 Å². The number of nitrogens with zero attached hydrogens (tertiary/aromatic N) is 4. The Morgan fingerprint density at radius 1 is 1.17 bits per heavy atom. The van der Waals surface area contributed by atoms with Crippen molar-refractivity contribution in [2.75, 3.05) is 19.6 Å². The molecule has 7 nitrogen and oxygen atoms in total. The van der Waals surface area contributed by atoms with Crippen LogP contribution in [0.1, 0.15) is 56.8 Å². The maximum Gasteiger partial charge on any atom is 0.345 e. The molecule has 1 aliphatic carbocycles. The van der Waals surface area contributed by atoms with Gasteiger partial charge in [0.15, 0.2) is 5.96 Å². The molecule has 0 unspecified atom stereocenters. The number of guanidine groups is 1. The van der Waals surface area contributed by atoms with E-state index in [0.29, 0.717) is 6.54 Å². The van der Waals surface area contributed by atoms with Gasteiger partial charge in [-0.15, -0.1) is 0 Å². The van der Waals surface area contributed by atoms with Crippen LogP contribution in [0.2, 0.25) is 0 Å². The van der Waals surface area contributed by atoms with Crippen LogP contribution in [0.4, 0.5) is 0 Å². The van der Waals surface area contributed by atoms with Crippen LogP contribution in [0.15, 0.2) is 40.1 Å². The molecule has 2 aliphatic rings. The average Bonchev–Trinajstić information content (AvgIpc) is 3.07. The molecular formula is C23H34N6O. The van der Waals surface area contributed by atoms with Crippen LogP contribution < -0.4 is 16.3 Å². The zero-order valence-electron chi connectivity index (χ0n) is 18.1. The lowest BCUT2D eigenvalue weighted by molar-refractivity contribution is 0.253. The first kappa shape index (κ1) is 20.7. The molecule has 30 heavy (non-hydrogen) atoms. The summed E-state index contributed by atoms with van der Waals surface area (Å²) in [6.07, 6.45) is 7.64. The molecule has 0 atom stereocenters. The standard InChI is InChI=1S/C23H34N6O/c1-2-24-21(26-18-23(13-8-14-23)19-10-4-3-5-11-19)25-15-9-17-29-22(30)28-16-7-6-12-20(28)27-29/h3-5,10-11H,2,6-9,12-18H2,1H3,(H2,24,25,26). The Morgan fingerprint density at radius 3 is 2.70 bits per heavy atom. The number of aryl methyl sites for hydroxylation is 2. The summed E-state index contributed by atoms with van der Waals surface area (Å²) in [7, 11) is 0. The van der Waals surface area contributed by atoms with Crippen molar-refractivity contribution in [2.45, 2.75) is 70.4 Å². The Hall–Kier alpha value is -2.57. The number of aliphatic imine (C=N–C) groups is 1. The van der Waals surface area contributed by atoms with Gasteiger partial charge in [-0.2, -0.15) is 5.10 Å². The Kier molecular flexibility index (Phi) is 6.55. The van der Waals surface area contributed by atoms with E-state index in [9.17, 15) is 4.79 Å². The topological polar surface area (TPSA) is 76.2 Å². The molecule has 1 aliphatic heterocycles. The fourth-order valence-corrected chi connectivity index (χ4v) is 4.54. The molecule has 0 bridgehead atoms. The number of rotatable bonds is 8. The van der Waals surface area contributed by atoms with Crippen molar-refractivity contribution < 1.29 is 0 Å². The molecule has 0 saturated heterocycles. The number of fused-ring (bicyclic) bond motifs is 1. The summed E-state index contributed by atoms with van der Waals surface area (Å²) in [5.41, 5.74) is 1.63. The van der Waals surface area contributed by atoms with Gasteiger partial charge in [0.05, 0.1) is 6.54 Å². The van der Waals surface area contributed by atoms with E-state index in [1.807, 2.05) is 4.57 Å². The van der Waals surface area contributed by atoms with Gasteiger partial charge in [0.25, 0.3) is 0 Å². The third-order valence-electron chi connectivity index (χ3n) is 6.45. The van der Waals surface area contributed by atoms with Crippen LogP contribution in [0.3, 0.4) is 0 Å². The van der Waals surface area contributed by atoms with Gasteiger partial charge in [-0.25, -0.2) is 9.48 Å². The van der Waals surface area contributed by atoms with Crippen LogP contribution in [0.25, 0.3) is 0 Å². The Bertz CT molecular complexity index is 910. The number of aromatic nitrogens is 3. The summed E-state index contributed by atoms with van der Waals surface area (Å²) in [4.78, 5) is 17.3. The molecule has 4 rings (SSSR count). The van der Waals surface area contributed by atoms with Gasteiger partial charge in [-0.3, -0.25) is 9.56 Å². The highest BCUT2D eigenvalue weighted by Crippen LogP contribution is 2.43. The largest absolute Gasteiger partial charge is 0.357 e. The monoisotopic (exact) mass is 410 g/mol. The average molecular weight is 411 g/mol. The van der Waals surface area contributed by atoms with Crippen LogP contribution in [-0.2, 0) is 24.9 Å². The second-order valence-corrected chi connectivity index (χ2v) is 8.51. The molecule has 0 amide bonds. The Labute approximate surface area is 178 Å². The lowest BCUT2D eigenvalue weighted by Crippen LogP contribution is -2.42.